The first-order valence-corrected chi connectivity index (χ1v) is 6.40. The molecule has 1 aromatic carbocycles. The second kappa shape index (κ2) is 7.46. The molecule has 0 spiro atoms. The van der Waals surface area contributed by atoms with Crippen LogP contribution in [0.4, 0.5) is 0 Å². The lowest BCUT2D eigenvalue weighted by Gasteiger charge is -2.12. The van der Waals surface area contributed by atoms with E-state index < -0.39 is 0 Å². The monoisotopic (exact) mass is 261 g/mol. The lowest BCUT2D eigenvalue weighted by molar-refractivity contribution is -0.126. The summed E-state index contributed by atoms with van der Waals surface area (Å²) in [6, 6.07) is 8.73. The van der Waals surface area contributed by atoms with Crippen molar-refractivity contribution in [3.05, 3.63) is 35.9 Å². The normalized spacial score (nSPS) is 11.7. The minimum atomic E-state index is -0.298. The van der Waals surface area contributed by atoms with Gasteiger partial charge in [-0.3, -0.25) is 9.59 Å². The van der Waals surface area contributed by atoms with E-state index in [1.807, 2.05) is 13.0 Å². The summed E-state index contributed by atoms with van der Waals surface area (Å²) in [5.74, 6) is -0.670. The smallest absolute Gasteiger partial charge is 0.251 e. The molecule has 0 aliphatic rings. The van der Waals surface area contributed by atoms with E-state index in [9.17, 15) is 14.4 Å². The van der Waals surface area contributed by atoms with Gasteiger partial charge in [0, 0.05) is 17.9 Å². The molecule has 102 valence electrons. The van der Waals surface area contributed by atoms with Crippen LogP contribution < -0.4 is 5.32 Å². The van der Waals surface area contributed by atoms with Crippen molar-refractivity contribution in [3.63, 3.8) is 0 Å². The van der Waals surface area contributed by atoms with E-state index >= 15 is 0 Å². The Morgan fingerprint density at radius 2 is 1.79 bits per heavy atom. The molecule has 0 aliphatic carbocycles. The van der Waals surface area contributed by atoms with Crippen LogP contribution >= 0.6 is 0 Å². The average Bonchev–Trinajstić information content (AvgIpc) is 2.42. The van der Waals surface area contributed by atoms with Crippen LogP contribution in [0.15, 0.2) is 30.3 Å². The molecule has 1 unspecified atom stereocenters. The molecule has 0 saturated heterocycles. The molecule has 0 aliphatic heterocycles. The summed E-state index contributed by atoms with van der Waals surface area (Å²) in [6.45, 7) is 3.31. The molecular formula is C15H19NO3. The molecule has 4 heteroatoms. The van der Waals surface area contributed by atoms with Gasteiger partial charge in [0.25, 0.3) is 5.91 Å². The van der Waals surface area contributed by atoms with Crippen molar-refractivity contribution < 1.29 is 14.4 Å². The Morgan fingerprint density at radius 1 is 1.16 bits per heavy atom. The minimum absolute atomic E-state index is 0.00501. The second-order valence-corrected chi connectivity index (χ2v) is 4.53. The predicted octanol–water partition coefficient (Wildman–Crippen LogP) is 1.99. The van der Waals surface area contributed by atoms with Crippen LogP contribution in [-0.4, -0.2) is 24.0 Å². The van der Waals surface area contributed by atoms with Crippen molar-refractivity contribution in [3.8, 4) is 0 Å². The van der Waals surface area contributed by atoms with E-state index in [0.717, 1.165) is 0 Å². The maximum absolute atomic E-state index is 11.9. The topological polar surface area (TPSA) is 63.2 Å². The summed E-state index contributed by atoms with van der Waals surface area (Å²) >= 11 is 0. The quantitative estimate of drug-likeness (QED) is 0.816. The lowest BCUT2D eigenvalue weighted by Crippen LogP contribution is -2.33. The molecule has 19 heavy (non-hydrogen) atoms. The highest BCUT2D eigenvalue weighted by Crippen LogP contribution is 2.10. The van der Waals surface area contributed by atoms with Gasteiger partial charge in [0.1, 0.15) is 5.78 Å². The summed E-state index contributed by atoms with van der Waals surface area (Å²) in [6.07, 6.45) is 0.857. The standard InChI is InChI=1S/C15H19NO3/c1-3-12(9-11(2)17)14(18)10-16-15(19)13-7-5-4-6-8-13/h4-8,12H,3,9-10H2,1-2H3,(H,16,19). The number of carbonyl (C=O) groups excluding carboxylic acids is 3. The van der Waals surface area contributed by atoms with Gasteiger partial charge in [0.2, 0.25) is 0 Å². The molecule has 0 radical (unpaired) electrons. The highest BCUT2D eigenvalue weighted by atomic mass is 16.2. The first kappa shape index (κ1) is 15.1. The van der Waals surface area contributed by atoms with Crippen molar-refractivity contribution in [1.82, 2.24) is 5.32 Å². The fourth-order valence-electron chi connectivity index (χ4n) is 1.84. The third kappa shape index (κ3) is 5.04. The van der Waals surface area contributed by atoms with Gasteiger partial charge in [-0.25, -0.2) is 0 Å². The molecular weight excluding hydrogens is 242 g/mol. The lowest BCUT2D eigenvalue weighted by atomic mass is 9.95. The van der Waals surface area contributed by atoms with Crippen LogP contribution in [0, 0.1) is 5.92 Å². The number of carbonyl (C=O) groups is 3. The third-order valence-electron chi connectivity index (χ3n) is 2.94. The Kier molecular flexibility index (Phi) is 5.93. The van der Waals surface area contributed by atoms with Crippen LogP contribution in [0.2, 0.25) is 0 Å². The maximum atomic E-state index is 11.9. The van der Waals surface area contributed by atoms with Crippen LogP contribution in [0.1, 0.15) is 37.0 Å². The van der Waals surface area contributed by atoms with Crippen molar-refractivity contribution in [1.29, 1.82) is 0 Å². The van der Waals surface area contributed by atoms with E-state index in [1.54, 1.807) is 24.3 Å². The number of hydrogen-bond donors (Lipinski definition) is 1. The third-order valence-corrected chi connectivity index (χ3v) is 2.94. The Bertz CT molecular complexity index is 454. The number of rotatable bonds is 7. The number of amides is 1. The molecule has 0 heterocycles. The molecule has 1 amide bonds. The molecule has 0 aromatic heterocycles. The summed E-state index contributed by atoms with van der Waals surface area (Å²) in [7, 11) is 0. The molecule has 4 nitrogen and oxygen atoms in total. The van der Waals surface area contributed by atoms with Crippen LogP contribution in [0.5, 0.6) is 0 Å². The van der Waals surface area contributed by atoms with Crippen molar-refractivity contribution >= 4 is 17.5 Å². The number of ketones is 2. The fraction of sp³-hybridized carbons (Fsp3) is 0.400. The van der Waals surface area contributed by atoms with Gasteiger partial charge in [-0.1, -0.05) is 25.1 Å². The van der Waals surface area contributed by atoms with E-state index in [4.69, 9.17) is 0 Å². The first-order valence-electron chi connectivity index (χ1n) is 6.40. The zero-order valence-electron chi connectivity index (χ0n) is 11.3. The molecule has 0 saturated carbocycles. The van der Waals surface area contributed by atoms with Gasteiger partial charge in [-0.15, -0.1) is 0 Å². The van der Waals surface area contributed by atoms with Gasteiger partial charge in [0.05, 0.1) is 6.54 Å². The average molecular weight is 261 g/mol. The number of nitrogens with one attached hydrogen (secondary N) is 1. The van der Waals surface area contributed by atoms with Crippen molar-refractivity contribution in [2.24, 2.45) is 5.92 Å². The van der Waals surface area contributed by atoms with Gasteiger partial charge >= 0.3 is 0 Å². The Hall–Kier alpha value is -1.97. The van der Waals surface area contributed by atoms with Gasteiger partial charge in [-0.2, -0.15) is 0 Å². The van der Waals surface area contributed by atoms with Crippen LogP contribution in [-0.2, 0) is 9.59 Å². The summed E-state index contributed by atoms with van der Waals surface area (Å²) in [4.78, 5) is 34.7. The van der Waals surface area contributed by atoms with E-state index in [0.29, 0.717) is 12.0 Å². The van der Waals surface area contributed by atoms with Crippen molar-refractivity contribution in [2.45, 2.75) is 26.7 Å². The highest BCUT2D eigenvalue weighted by Gasteiger charge is 2.18. The summed E-state index contributed by atoms with van der Waals surface area (Å²) in [5, 5.41) is 2.59. The first-order chi connectivity index (χ1) is 9.04. The molecule has 0 bridgehead atoms. The summed E-state index contributed by atoms with van der Waals surface area (Å²) in [5.41, 5.74) is 0.523. The van der Waals surface area contributed by atoms with Gasteiger partial charge < -0.3 is 10.1 Å². The molecule has 1 rings (SSSR count). The predicted molar refractivity (Wildman–Crippen MR) is 72.9 cm³/mol. The Balaban J connectivity index is 2.49. The fourth-order valence-corrected chi connectivity index (χ4v) is 1.84. The summed E-state index contributed by atoms with van der Waals surface area (Å²) < 4.78 is 0. The van der Waals surface area contributed by atoms with Crippen molar-refractivity contribution in [2.75, 3.05) is 6.54 Å². The maximum Gasteiger partial charge on any atom is 0.251 e. The zero-order valence-corrected chi connectivity index (χ0v) is 11.3. The second-order valence-electron chi connectivity index (χ2n) is 4.53. The minimum Gasteiger partial charge on any atom is -0.345 e. The molecule has 0 fully saturated rings. The molecule has 1 aromatic rings. The SMILES string of the molecule is CCC(CC(C)=O)C(=O)CNC(=O)c1ccccc1. The highest BCUT2D eigenvalue weighted by molar-refractivity contribution is 5.97. The van der Waals surface area contributed by atoms with E-state index in [2.05, 4.69) is 5.32 Å². The number of hydrogen-bond acceptors (Lipinski definition) is 3. The van der Waals surface area contributed by atoms with Gasteiger partial charge in [0.15, 0.2) is 5.78 Å². The Morgan fingerprint density at radius 3 is 2.32 bits per heavy atom. The largest absolute Gasteiger partial charge is 0.345 e. The number of Topliss-reactive ketones (excluding diaryl/α,β-unsaturated/α-hetero) is 2. The molecule has 1 atom stereocenters. The Labute approximate surface area is 113 Å². The van der Waals surface area contributed by atoms with Gasteiger partial charge in [-0.05, 0) is 25.5 Å². The molecule has 1 N–H and O–H groups in total. The number of benzene rings is 1. The van der Waals surface area contributed by atoms with Crippen LogP contribution in [0.25, 0.3) is 0 Å². The zero-order chi connectivity index (χ0) is 14.3. The van der Waals surface area contributed by atoms with Crippen LogP contribution in [0.3, 0.4) is 0 Å². The van der Waals surface area contributed by atoms with E-state index in [-0.39, 0.29) is 36.4 Å². The van der Waals surface area contributed by atoms with E-state index in [1.165, 1.54) is 6.92 Å².